The zero-order valence-electron chi connectivity index (χ0n) is 14.8. The molecule has 0 saturated heterocycles. The Morgan fingerprint density at radius 1 is 1.12 bits per heavy atom. The number of hydrogen-bond acceptors (Lipinski definition) is 4. The number of thioether (sulfide) groups is 1. The van der Waals surface area contributed by atoms with Gasteiger partial charge in [-0.3, -0.25) is 4.79 Å². The molecule has 25 heavy (non-hydrogen) atoms. The average Bonchev–Trinajstić information content (AvgIpc) is 2.60. The Kier molecular flexibility index (Phi) is 8.19. The Morgan fingerprint density at radius 3 is 2.76 bits per heavy atom. The summed E-state index contributed by atoms with van der Waals surface area (Å²) in [6.07, 6.45) is 0.904. The summed E-state index contributed by atoms with van der Waals surface area (Å²) in [6, 6.07) is 15.5. The lowest BCUT2D eigenvalue weighted by molar-refractivity contribution is -0.113. The third-order valence-corrected chi connectivity index (χ3v) is 4.43. The van der Waals surface area contributed by atoms with E-state index in [1.807, 2.05) is 62.4 Å². The molecule has 0 aliphatic heterocycles. The second kappa shape index (κ2) is 10.7. The van der Waals surface area contributed by atoms with Crippen LogP contribution in [0.3, 0.4) is 0 Å². The van der Waals surface area contributed by atoms with Crippen molar-refractivity contribution in [3.05, 3.63) is 54.1 Å². The highest BCUT2D eigenvalue weighted by Gasteiger charge is 2.07. The number of hydrogen-bond donors (Lipinski definition) is 1. The number of carbonyl (C=O) groups excluding carboxylic acids is 1. The molecule has 1 amide bonds. The number of aryl methyl sites for hydroxylation is 1. The van der Waals surface area contributed by atoms with E-state index in [0.29, 0.717) is 24.7 Å². The molecule has 0 atom stereocenters. The molecule has 1 N–H and O–H groups in total. The summed E-state index contributed by atoms with van der Waals surface area (Å²) in [6.45, 7) is 5.20. The summed E-state index contributed by atoms with van der Waals surface area (Å²) in [5.41, 5.74) is 1.91. The van der Waals surface area contributed by atoms with Crippen LogP contribution in [0.25, 0.3) is 0 Å². The first-order valence-corrected chi connectivity index (χ1v) is 9.63. The molecule has 0 bridgehead atoms. The van der Waals surface area contributed by atoms with E-state index in [2.05, 4.69) is 5.32 Å². The Bertz CT molecular complexity index is 675. The van der Waals surface area contributed by atoms with E-state index in [4.69, 9.17) is 9.47 Å². The topological polar surface area (TPSA) is 47.6 Å². The number of carbonyl (C=O) groups is 1. The minimum absolute atomic E-state index is 0.0169. The fourth-order valence-electron chi connectivity index (χ4n) is 2.26. The lowest BCUT2D eigenvalue weighted by Crippen LogP contribution is -2.15. The molecule has 2 aromatic rings. The first kappa shape index (κ1) is 19.2. The molecular weight excluding hydrogens is 334 g/mol. The maximum absolute atomic E-state index is 12.0. The molecule has 0 heterocycles. The summed E-state index contributed by atoms with van der Waals surface area (Å²) in [5, 5.41) is 2.90. The maximum Gasteiger partial charge on any atom is 0.234 e. The minimum Gasteiger partial charge on any atom is -0.494 e. The third kappa shape index (κ3) is 7.10. The van der Waals surface area contributed by atoms with Crippen LogP contribution < -0.4 is 14.8 Å². The van der Waals surface area contributed by atoms with Crippen molar-refractivity contribution >= 4 is 23.4 Å². The second-order valence-corrected chi connectivity index (χ2v) is 6.65. The largest absolute Gasteiger partial charge is 0.494 e. The Labute approximate surface area is 153 Å². The van der Waals surface area contributed by atoms with Crippen molar-refractivity contribution < 1.29 is 14.3 Å². The maximum atomic E-state index is 12.0. The fourth-order valence-corrected chi connectivity index (χ4v) is 2.98. The van der Waals surface area contributed by atoms with Gasteiger partial charge in [0.25, 0.3) is 0 Å². The number of rotatable bonds is 10. The fraction of sp³-hybridized carbons (Fsp3) is 0.350. The smallest absolute Gasteiger partial charge is 0.234 e. The standard InChI is InChI=1S/C20H25NO3S/c1-3-23-19-11-5-4-10-18(19)21-20(22)15-25-13-7-12-24-17-9-6-8-16(2)14-17/h4-6,8-11,14H,3,7,12-13,15H2,1-2H3,(H,21,22). The second-order valence-electron chi connectivity index (χ2n) is 5.55. The monoisotopic (exact) mass is 359 g/mol. The minimum atomic E-state index is -0.0169. The van der Waals surface area contributed by atoms with Crippen molar-refractivity contribution in [3.63, 3.8) is 0 Å². The van der Waals surface area contributed by atoms with Gasteiger partial charge in [-0.15, -0.1) is 0 Å². The summed E-state index contributed by atoms with van der Waals surface area (Å²) >= 11 is 1.61. The predicted molar refractivity (Wildman–Crippen MR) is 105 cm³/mol. The van der Waals surface area contributed by atoms with E-state index in [1.54, 1.807) is 11.8 Å². The SMILES string of the molecule is CCOc1ccccc1NC(=O)CSCCCOc1cccc(C)c1. The third-order valence-electron chi connectivity index (χ3n) is 3.39. The van der Waals surface area contributed by atoms with Gasteiger partial charge in [0.1, 0.15) is 11.5 Å². The van der Waals surface area contributed by atoms with Crippen molar-refractivity contribution in [1.29, 1.82) is 0 Å². The van der Waals surface area contributed by atoms with Gasteiger partial charge >= 0.3 is 0 Å². The molecule has 0 spiro atoms. The molecule has 4 nitrogen and oxygen atoms in total. The molecule has 134 valence electrons. The molecule has 2 aromatic carbocycles. The molecule has 0 aliphatic rings. The lowest BCUT2D eigenvalue weighted by atomic mass is 10.2. The summed E-state index contributed by atoms with van der Waals surface area (Å²) in [7, 11) is 0. The summed E-state index contributed by atoms with van der Waals surface area (Å²) in [5.74, 6) is 2.89. The Hall–Kier alpha value is -2.14. The van der Waals surface area contributed by atoms with Crippen LogP contribution in [-0.4, -0.2) is 30.6 Å². The highest BCUT2D eigenvalue weighted by molar-refractivity contribution is 7.99. The molecule has 0 unspecified atom stereocenters. The number of ether oxygens (including phenoxy) is 2. The van der Waals surface area contributed by atoms with Gasteiger partial charge in [-0.1, -0.05) is 24.3 Å². The molecule has 0 aromatic heterocycles. The molecule has 2 rings (SSSR count). The van der Waals surface area contributed by atoms with Crippen LogP contribution in [0.15, 0.2) is 48.5 Å². The van der Waals surface area contributed by atoms with Crippen molar-refractivity contribution in [1.82, 2.24) is 0 Å². The lowest BCUT2D eigenvalue weighted by Gasteiger charge is -2.11. The van der Waals surface area contributed by atoms with E-state index in [9.17, 15) is 4.79 Å². The Balaban J connectivity index is 1.62. The van der Waals surface area contributed by atoms with Crippen molar-refractivity contribution in [2.24, 2.45) is 0 Å². The number of benzene rings is 2. The van der Waals surface area contributed by atoms with Gasteiger partial charge in [0, 0.05) is 0 Å². The summed E-state index contributed by atoms with van der Waals surface area (Å²) in [4.78, 5) is 12.0. The quantitative estimate of drug-likeness (QED) is 0.633. The van der Waals surface area contributed by atoms with E-state index >= 15 is 0 Å². The molecule has 0 fully saturated rings. The van der Waals surface area contributed by atoms with Gasteiger partial charge in [-0.05, 0) is 55.9 Å². The van der Waals surface area contributed by atoms with E-state index in [-0.39, 0.29) is 5.91 Å². The van der Waals surface area contributed by atoms with Gasteiger partial charge in [-0.25, -0.2) is 0 Å². The zero-order chi connectivity index (χ0) is 17.9. The first-order valence-electron chi connectivity index (χ1n) is 8.48. The summed E-state index contributed by atoms with van der Waals surface area (Å²) < 4.78 is 11.2. The van der Waals surface area contributed by atoms with E-state index < -0.39 is 0 Å². The zero-order valence-corrected chi connectivity index (χ0v) is 15.6. The van der Waals surface area contributed by atoms with Gasteiger partial charge < -0.3 is 14.8 Å². The molecule has 0 saturated carbocycles. The van der Waals surface area contributed by atoms with E-state index in [1.165, 1.54) is 5.56 Å². The number of para-hydroxylation sites is 2. The van der Waals surface area contributed by atoms with Crippen LogP contribution in [0.4, 0.5) is 5.69 Å². The van der Waals surface area contributed by atoms with Crippen molar-refractivity contribution in [2.45, 2.75) is 20.3 Å². The van der Waals surface area contributed by atoms with Crippen LogP contribution in [0.2, 0.25) is 0 Å². The predicted octanol–water partition coefficient (Wildman–Crippen LogP) is 4.53. The number of anilines is 1. The normalized spacial score (nSPS) is 10.3. The Morgan fingerprint density at radius 2 is 1.96 bits per heavy atom. The highest BCUT2D eigenvalue weighted by Crippen LogP contribution is 2.23. The van der Waals surface area contributed by atoms with Gasteiger partial charge in [0.05, 0.1) is 24.7 Å². The number of nitrogens with one attached hydrogen (secondary N) is 1. The molecule has 0 radical (unpaired) electrons. The van der Waals surface area contributed by atoms with Crippen molar-refractivity contribution in [3.8, 4) is 11.5 Å². The van der Waals surface area contributed by atoms with Crippen LogP contribution >= 0.6 is 11.8 Å². The highest BCUT2D eigenvalue weighted by atomic mass is 32.2. The number of amides is 1. The molecule has 5 heteroatoms. The van der Waals surface area contributed by atoms with Crippen LogP contribution in [0.5, 0.6) is 11.5 Å². The van der Waals surface area contributed by atoms with Gasteiger partial charge in [0.2, 0.25) is 5.91 Å². The van der Waals surface area contributed by atoms with Crippen LogP contribution in [0, 0.1) is 6.92 Å². The average molecular weight is 359 g/mol. The van der Waals surface area contributed by atoms with E-state index in [0.717, 1.165) is 23.6 Å². The van der Waals surface area contributed by atoms with Gasteiger partial charge in [-0.2, -0.15) is 11.8 Å². The first-order chi connectivity index (χ1) is 12.2. The van der Waals surface area contributed by atoms with Crippen LogP contribution in [0.1, 0.15) is 18.9 Å². The van der Waals surface area contributed by atoms with Gasteiger partial charge in [0.15, 0.2) is 0 Å². The van der Waals surface area contributed by atoms with Crippen molar-refractivity contribution in [2.75, 3.05) is 30.0 Å². The molecule has 0 aliphatic carbocycles. The molecular formula is C20H25NO3S. The van der Waals surface area contributed by atoms with Crippen LogP contribution in [-0.2, 0) is 4.79 Å².